The standard InChI is InChI=1S/C14H20O2/c1-4-5-8-10-6(4)7-9(5)13(2,15)11(8)12(7)14(10,3)16/h4-12,15-16H,1-3H3/t4?,5-,6?,7?,8-,9?,10+,11-,12?,13+,14+/m1/s1. The van der Waals surface area contributed by atoms with Crippen LogP contribution in [0, 0.1) is 53.3 Å². The van der Waals surface area contributed by atoms with Crippen LogP contribution in [-0.4, -0.2) is 21.4 Å². The summed E-state index contributed by atoms with van der Waals surface area (Å²) in [4.78, 5) is 0. The molecule has 11 atom stereocenters. The molecule has 6 aliphatic rings. The fourth-order valence-corrected chi connectivity index (χ4v) is 8.00. The van der Waals surface area contributed by atoms with Gasteiger partial charge in [-0.05, 0) is 67.1 Å². The van der Waals surface area contributed by atoms with E-state index < -0.39 is 11.2 Å². The van der Waals surface area contributed by atoms with E-state index in [0.717, 1.165) is 17.8 Å². The number of aliphatic hydroxyl groups is 2. The van der Waals surface area contributed by atoms with Gasteiger partial charge in [-0.1, -0.05) is 6.92 Å². The predicted octanol–water partition coefficient (Wildman–Crippen LogP) is 1.12. The Morgan fingerprint density at radius 3 is 1.44 bits per heavy atom. The fourth-order valence-electron chi connectivity index (χ4n) is 8.00. The molecule has 0 aromatic heterocycles. The Balaban J connectivity index is 1.84. The van der Waals surface area contributed by atoms with E-state index in [1.54, 1.807) is 0 Å². The molecule has 5 unspecified atom stereocenters. The molecule has 0 aliphatic heterocycles. The average molecular weight is 220 g/mol. The Morgan fingerprint density at radius 2 is 1.06 bits per heavy atom. The zero-order valence-corrected chi connectivity index (χ0v) is 10.1. The Hall–Kier alpha value is -0.0800. The summed E-state index contributed by atoms with van der Waals surface area (Å²) in [5.74, 6) is 5.34. The highest BCUT2D eigenvalue weighted by molar-refractivity contribution is 5.37. The Morgan fingerprint density at radius 1 is 0.688 bits per heavy atom. The van der Waals surface area contributed by atoms with Crippen molar-refractivity contribution in [1.29, 1.82) is 0 Å². The van der Waals surface area contributed by atoms with Gasteiger partial charge in [0, 0.05) is 0 Å². The first kappa shape index (κ1) is 8.93. The molecule has 0 heterocycles. The van der Waals surface area contributed by atoms with E-state index in [2.05, 4.69) is 20.8 Å². The van der Waals surface area contributed by atoms with Crippen LogP contribution in [0.15, 0.2) is 0 Å². The van der Waals surface area contributed by atoms with Crippen molar-refractivity contribution in [1.82, 2.24) is 0 Å². The van der Waals surface area contributed by atoms with Crippen LogP contribution in [-0.2, 0) is 0 Å². The van der Waals surface area contributed by atoms with Crippen molar-refractivity contribution in [2.24, 2.45) is 53.3 Å². The number of hydrogen-bond donors (Lipinski definition) is 2. The zero-order chi connectivity index (χ0) is 11.2. The largest absolute Gasteiger partial charge is 0.390 e. The summed E-state index contributed by atoms with van der Waals surface area (Å²) in [5, 5.41) is 21.6. The van der Waals surface area contributed by atoms with E-state index in [9.17, 15) is 10.2 Å². The van der Waals surface area contributed by atoms with Gasteiger partial charge in [0.15, 0.2) is 0 Å². The molecule has 0 aromatic carbocycles. The molecule has 16 heavy (non-hydrogen) atoms. The molecule has 0 spiro atoms. The summed E-state index contributed by atoms with van der Waals surface area (Å²) in [6.07, 6.45) is 0. The lowest BCUT2D eigenvalue weighted by Gasteiger charge is -2.32. The van der Waals surface area contributed by atoms with Gasteiger partial charge in [-0.15, -0.1) is 0 Å². The lowest BCUT2D eigenvalue weighted by molar-refractivity contribution is -0.0214. The second-order valence-electron chi connectivity index (χ2n) is 7.72. The van der Waals surface area contributed by atoms with E-state index in [4.69, 9.17) is 0 Å². The van der Waals surface area contributed by atoms with E-state index in [1.807, 2.05) is 0 Å². The van der Waals surface area contributed by atoms with E-state index in [-0.39, 0.29) is 0 Å². The third kappa shape index (κ3) is 0.504. The van der Waals surface area contributed by atoms with Crippen molar-refractivity contribution in [3.63, 3.8) is 0 Å². The zero-order valence-electron chi connectivity index (χ0n) is 10.1. The summed E-state index contributed by atoms with van der Waals surface area (Å²) >= 11 is 0. The highest BCUT2D eigenvalue weighted by Gasteiger charge is 2.90. The lowest BCUT2D eigenvalue weighted by atomic mass is 9.71. The molecule has 88 valence electrons. The fraction of sp³-hybridized carbons (Fsp3) is 1.00. The molecule has 0 saturated heterocycles. The maximum Gasteiger partial charge on any atom is 0.0688 e. The molecule has 6 rings (SSSR count). The molecular weight excluding hydrogens is 200 g/mol. The first-order valence-corrected chi connectivity index (χ1v) is 6.85. The van der Waals surface area contributed by atoms with Crippen molar-refractivity contribution >= 4 is 0 Å². The quantitative estimate of drug-likeness (QED) is 0.642. The Bertz CT molecular complexity index is 375. The van der Waals surface area contributed by atoms with Crippen LogP contribution in [0.3, 0.4) is 0 Å². The van der Waals surface area contributed by atoms with Crippen LogP contribution >= 0.6 is 0 Å². The molecular formula is C14H20O2. The Labute approximate surface area is 96.0 Å². The summed E-state index contributed by atoms with van der Waals surface area (Å²) < 4.78 is 0. The summed E-state index contributed by atoms with van der Waals surface area (Å²) in [6.45, 7) is 6.49. The van der Waals surface area contributed by atoms with Gasteiger partial charge >= 0.3 is 0 Å². The van der Waals surface area contributed by atoms with Gasteiger partial charge in [-0.25, -0.2) is 0 Å². The van der Waals surface area contributed by atoms with Crippen LogP contribution in [0.4, 0.5) is 0 Å². The van der Waals surface area contributed by atoms with Crippen LogP contribution in [0.25, 0.3) is 0 Å². The van der Waals surface area contributed by atoms with Gasteiger partial charge in [0.1, 0.15) is 0 Å². The molecule has 6 bridgehead atoms. The molecule has 2 heteroatoms. The third-order valence-corrected chi connectivity index (χ3v) is 7.68. The van der Waals surface area contributed by atoms with E-state index >= 15 is 0 Å². The van der Waals surface area contributed by atoms with Crippen molar-refractivity contribution in [2.45, 2.75) is 32.0 Å². The highest BCUT2D eigenvalue weighted by atomic mass is 16.3. The van der Waals surface area contributed by atoms with Crippen LogP contribution in [0.1, 0.15) is 20.8 Å². The number of rotatable bonds is 0. The van der Waals surface area contributed by atoms with Crippen molar-refractivity contribution in [3.05, 3.63) is 0 Å². The van der Waals surface area contributed by atoms with Crippen LogP contribution in [0.2, 0.25) is 0 Å². The summed E-state index contributed by atoms with van der Waals surface area (Å²) in [5.41, 5.74) is -0.939. The van der Waals surface area contributed by atoms with Crippen molar-refractivity contribution in [3.8, 4) is 0 Å². The monoisotopic (exact) mass is 220 g/mol. The molecule has 6 saturated carbocycles. The minimum Gasteiger partial charge on any atom is -0.390 e. The first-order chi connectivity index (χ1) is 7.40. The van der Waals surface area contributed by atoms with Gasteiger partial charge in [-0.2, -0.15) is 0 Å². The summed E-state index contributed by atoms with van der Waals surface area (Å²) in [7, 11) is 0. The minimum absolute atomic E-state index is 0.411. The highest BCUT2D eigenvalue weighted by Crippen LogP contribution is 2.88. The maximum atomic E-state index is 10.8. The molecule has 0 amide bonds. The molecule has 0 aromatic rings. The Kier molecular flexibility index (Phi) is 1.07. The van der Waals surface area contributed by atoms with Gasteiger partial charge in [-0.3, -0.25) is 0 Å². The topological polar surface area (TPSA) is 40.5 Å². The van der Waals surface area contributed by atoms with Crippen LogP contribution in [0.5, 0.6) is 0 Å². The van der Waals surface area contributed by atoms with E-state index in [0.29, 0.717) is 35.5 Å². The SMILES string of the molecule is CC1C2C3C4[C@H]1[C@H]1[C@H](C3[C@@](C)(O)[C@@H]21)[C@@]4(C)O. The van der Waals surface area contributed by atoms with Crippen molar-refractivity contribution < 1.29 is 10.2 Å². The minimum atomic E-state index is -0.469. The molecule has 6 fully saturated rings. The van der Waals surface area contributed by atoms with Gasteiger partial charge < -0.3 is 10.2 Å². The van der Waals surface area contributed by atoms with Gasteiger partial charge in [0.05, 0.1) is 11.2 Å². The maximum absolute atomic E-state index is 10.8. The average Bonchev–Trinajstić information content (AvgIpc) is 2.84. The van der Waals surface area contributed by atoms with Gasteiger partial charge in [0.25, 0.3) is 0 Å². The second kappa shape index (κ2) is 1.91. The lowest BCUT2D eigenvalue weighted by Crippen LogP contribution is -2.35. The van der Waals surface area contributed by atoms with E-state index in [1.165, 1.54) is 0 Å². The first-order valence-electron chi connectivity index (χ1n) is 6.85. The molecule has 6 aliphatic carbocycles. The van der Waals surface area contributed by atoms with Crippen molar-refractivity contribution in [2.75, 3.05) is 0 Å². The summed E-state index contributed by atoms with van der Waals surface area (Å²) in [6, 6.07) is 0. The predicted molar refractivity (Wildman–Crippen MR) is 58.3 cm³/mol. The third-order valence-electron chi connectivity index (χ3n) is 7.68. The van der Waals surface area contributed by atoms with Crippen LogP contribution < -0.4 is 0 Å². The smallest absolute Gasteiger partial charge is 0.0688 e. The molecule has 2 N–H and O–H groups in total. The number of hydrogen-bond acceptors (Lipinski definition) is 2. The second-order valence-corrected chi connectivity index (χ2v) is 7.72. The normalized spacial score (nSPS) is 85.7. The van der Waals surface area contributed by atoms with Gasteiger partial charge in [0.2, 0.25) is 0 Å². The molecule has 0 radical (unpaired) electrons. The molecule has 2 nitrogen and oxygen atoms in total.